The first-order valence-electron chi connectivity index (χ1n) is 5.30. The molecule has 2 heterocycles. The first-order chi connectivity index (χ1) is 6.95. The molecule has 0 bridgehead atoms. The van der Waals surface area contributed by atoms with E-state index >= 15 is 0 Å². The molecule has 2 N–H and O–H groups in total. The molecule has 1 saturated heterocycles. The molecular weight excluding hydrogens is 174 g/mol. The van der Waals surface area contributed by atoms with Crippen LogP contribution in [0.15, 0.2) is 24.7 Å². The summed E-state index contributed by atoms with van der Waals surface area (Å²) in [6.45, 7) is 2.33. The van der Waals surface area contributed by atoms with E-state index in [0.717, 1.165) is 12.3 Å². The molecular formula is C11H17N3. The summed E-state index contributed by atoms with van der Waals surface area (Å²) >= 11 is 0. The number of rotatable bonds is 3. The number of hydrogen-bond donors (Lipinski definition) is 2. The van der Waals surface area contributed by atoms with Gasteiger partial charge in [-0.1, -0.05) is 12.2 Å². The summed E-state index contributed by atoms with van der Waals surface area (Å²) in [4.78, 5) is 7.09. The molecule has 14 heavy (non-hydrogen) atoms. The van der Waals surface area contributed by atoms with Crippen molar-refractivity contribution in [3.8, 4) is 0 Å². The molecule has 1 aliphatic rings. The van der Waals surface area contributed by atoms with Gasteiger partial charge in [-0.05, 0) is 31.8 Å². The number of aromatic amines is 1. The molecule has 0 aromatic carbocycles. The zero-order chi connectivity index (χ0) is 9.64. The Labute approximate surface area is 84.6 Å². The highest BCUT2D eigenvalue weighted by Crippen LogP contribution is 2.13. The quantitative estimate of drug-likeness (QED) is 0.711. The van der Waals surface area contributed by atoms with Crippen LogP contribution in [0.1, 0.15) is 18.5 Å². The standard InChI is InChI=1S/C11H17N3/c1(3-11-8-13-9-14-11)2-10-4-6-12-7-5-10/h1-2,8-10,12H,3-7H2,(H,13,14). The van der Waals surface area contributed by atoms with Gasteiger partial charge in [-0.2, -0.15) is 0 Å². The van der Waals surface area contributed by atoms with Crippen molar-refractivity contribution < 1.29 is 0 Å². The van der Waals surface area contributed by atoms with Gasteiger partial charge in [0.2, 0.25) is 0 Å². The Hall–Kier alpha value is -1.09. The number of allylic oxidation sites excluding steroid dienone is 2. The van der Waals surface area contributed by atoms with E-state index in [4.69, 9.17) is 0 Å². The summed E-state index contributed by atoms with van der Waals surface area (Å²) < 4.78 is 0. The first-order valence-corrected chi connectivity index (χ1v) is 5.30. The molecule has 0 aliphatic carbocycles. The van der Waals surface area contributed by atoms with Crippen molar-refractivity contribution in [1.82, 2.24) is 15.3 Å². The second kappa shape index (κ2) is 4.96. The van der Waals surface area contributed by atoms with Crippen molar-refractivity contribution in [3.63, 3.8) is 0 Å². The maximum absolute atomic E-state index is 3.99. The highest BCUT2D eigenvalue weighted by molar-refractivity contribution is 5.03. The Morgan fingerprint density at radius 3 is 3.00 bits per heavy atom. The molecule has 3 heteroatoms. The van der Waals surface area contributed by atoms with Gasteiger partial charge in [-0.25, -0.2) is 4.98 Å². The Balaban J connectivity index is 1.76. The van der Waals surface area contributed by atoms with E-state index in [9.17, 15) is 0 Å². The van der Waals surface area contributed by atoms with E-state index in [1.807, 2.05) is 6.20 Å². The highest BCUT2D eigenvalue weighted by atomic mass is 14.9. The summed E-state index contributed by atoms with van der Waals surface area (Å²) in [6.07, 6.45) is 11.7. The molecule has 76 valence electrons. The van der Waals surface area contributed by atoms with Crippen LogP contribution >= 0.6 is 0 Å². The van der Waals surface area contributed by atoms with Crippen LogP contribution in [0.5, 0.6) is 0 Å². The van der Waals surface area contributed by atoms with E-state index in [2.05, 4.69) is 27.4 Å². The van der Waals surface area contributed by atoms with Crippen LogP contribution in [0.25, 0.3) is 0 Å². The molecule has 3 nitrogen and oxygen atoms in total. The SMILES string of the molecule is C(=CC1CCNCC1)Cc1cnc[nH]1. The summed E-state index contributed by atoms with van der Waals surface area (Å²) in [7, 11) is 0. The van der Waals surface area contributed by atoms with Gasteiger partial charge in [0.15, 0.2) is 0 Å². The molecule has 1 aromatic rings. The number of nitrogens with one attached hydrogen (secondary N) is 2. The number of hydrogen-bond acceptors (Lipinski definition) is 2. The highest BCUT2D eigenvalue weighted by Gasteiger charge is 2.08. The fraction of sp³-hybridized carbons (Fsp3) is 0.545. The third-order valence-corrected chi connectivity index (χ3v) is 2.68. The van der Waals surface area contributed by atoms with Crippen molar-refractivity contribution in [2.45, 2.75) is 19.3 Å². The third-order valence-electron chi connectivity index (χ3n) is 2.68. The lowest BCUT2D eigenvalue weighted by Gasteiger charge is -2.19. The van der Waals surface area contributed by atoms with Crippen LogP contribution in [0.2, 0.25) is 0 Å². The minimum absolute atomic E-state index is 0.777. The second-order valence-electron chi connectivity index (χ2n) is 3.80. The molecule has 0 saturated carbocycles. The monoisotopic (exact) mass is 191 g/mol. The van der Waals surface area contributed by atoms with Crippen LogP contribution in [0.4, 0.5) is 0 Å². The Kier molecular flexibility index (Phi) is 3.35. The topological polar surface area (TPSA) is 40.7 Å². The molecule has 1 aliphatic heterocycles. The molecule has 2 rings (SSSR count). The maximum atomic E-state index is 3.99. The van der Waals surface area contributed by atoms with Crippen molar-refractivity contribution in [2.75, 3.05) is 13.1 Å². The third kappa shape index (κ3) is 2.70. The van der Waals surface area contributed by atoms with Gasteiger partial charge in [-0.3, -0.25) is 0 Å². The number of piperidine rings is 1. The lowest BCUT2D eigenvalue weighted by Crippen LogP contribution is -2.26. The average Bonchev–Trinajstić information content (AvgIpc) is 2.72. The minimum atomic E-state index is 0.777. The maximum Gasteiger partial charge on any atom is 0.0921 e. The molecule has 0 radical (unpaired) electrons. The fourth-order valence-electron chi connectivity index (χ4n) is 1.82. The predicted molar refractivity (Wildman–Crippen MR) is 57.0 cm³/mol. The molecule has 0 unspecified atom stereocenters. The largest absolute Gasteiger partial charge is 0.348 e. The van der Waals surface area contributed by atoms with Crippen LogP contribution in [-0.4, -0.2) is 23.1 Å². The summed E-state index contributed by atoms with van der Waals surface area (Å²) in [5.74, 6) is 0.777. The minimum Gasteiger partial charge on any atom is -0.348 e. The van der Waals surface area contributed by atoms with E-state index in [1.54, 1.807) is 6.33 Å². The number of nitrogens with zero attached hydrogens (tertiary/aromatic N) is 1. The van der Waals surface area contributed by atoms with Crippen molar-refractivity contribution in [3.05, 3.63) is 30.4 Å². The van der Waals surface area contributed by atoms with E-state index in [-0.39, 0.29) is 0 Å². The van der Waals surface area contributed by atoms with Gasteiger partial charge in [0.05, 0.1) is 6.33 Å². The number of imidazole rings is 1. The summed E-state index contributed by atoms with van der Waals surface area (Å²) in [5, 5.41) is 3.37. The van der Waals surface area contributed by atoms with Crippen molar-refractivity contribution >= 4 is 0 Å². The number of H-pyrrole nitrogens is 1. The summed E-state index contributed by atoms with van der Waals surface area (Å²) in [5.41, 5.74) is 1.19. The van der Waals surface area contributed by atoms with Gasteiger partial charge in [0.1, 0.15) is 0 Å². The van der Waals surface area contributed by atoms with Gasteiger partial charge in [-0.15, -0.1) is 0 Å². The molecule has 0 spiro atoms. The Morgan fingerprint density at radius 2 is 2.29 bits per heavy atom. The smallest absolute Gasteiger partial charge is 0.0921 e. The second-order valence-corrected chi connectivity index (χ2v) is 3.80. The van der Waals surface area contributed by atoms with Crippen molar-refractivity contribution in [2.24, 2.45) is 5.92 Å². The zero-order valence-corrected chi connectivity index (χ0v) is 8.37. The van der Waals surface area contributed by atoms with Gasteiger partial charge >= 0.3 is 0 Å². The predicted octanol–water partition coefficient (Wildman–Crippen LogP) is 1.51. The molecule has 0 amide bonds. The lowest BCUT2D eigenvalue weighted by atomic mass is 9.97. The van der Waals surface area contributed by atoms with Crippen LogP contribution in [0, 0.1) is 5.92 Å². The van der Waals surface area contributed by atoms with E-state index in [1.165, 1.54) is 31.6 Å². The first kappa shape index (κ1) is 9.46. The molecule has 1 aromatic heterocycles. The number of aromatic nitrogens is 2. The lowest BCUT2D eigenvalue weighted by molar-refractivity contribution is 0.436. The van der Waals surface area contributed by atoms with E-state index < -0.39 is 0 Å². The van der Waals surface area contributed by atoms with E-state index in [0.29, 0.717) is 0 Å². The van der Waals surface area contributed by atoms with Crippen LogP contribution in [-0.2, 0) is 6.42 Å². The van der Waals surface area contributed by atoms with Crippen LogP contribution < -0.4 is 5.32 Å². The summed E-state index contributed by atoms with van der Waals surface area (Å²) in [6, 6.07) is 0. The van der Waals surface area contributed by atoms with Gasteiger partial charge in [0, 0.05) is 18.3 Å². The Morgan fingerprint density at radius 1 is 1.43 bits per heavy atom. The Bertz CT molecular complexity index is 271. The fourth-order valence-corrected chi connectivity index (χ4v) is 1.82. The zero-order valence-electron chi connectivity index (χ0n) is 8.37. The molecule has 1 fully saturated rings. The van der Waals surface area contributed by atoms with Crippen LogP contribution in [0.3, 0.4) is 0 Å². The van der Waals surface area contributed by atoms with Crippen molar-refractivity contribution in [1.29, 1.82) is 0 Å². The normalized spacial score (nSPS) is 19.1. The van der Waals surface area contributed by atoms with Gasteiger partial charge in [0.25, 0.3) is 0 Å². The average molecular weight is 191 g/mol. The molecule has 0 atom stereocenters. The van der Waals surface area contributed by atoms with Gasteiger partial charge < -0.3 is 10.3 Å².